The van der Waals surface area contributed by atoms with Gasteiger partial charge in [-0.2, -0.15) is 0 Å². The van der Waals surface area contributed by atoms with Crippen molar-refractivity contribution >= 4 is 17.0 Å². The third kappa shape index (κ3) is 2.26. The van der Waals surface area contributed by atoms with Gasteiger partial charge in [-0.1, -0.05) is 48.5 Å². The van der Waals surface area contributed by atoms with Crippen molar-refractivity contribution in [3.05, 3.63) is 105 Å². The summed E-state index contributed by atoms with van der Waals surface area (Å²) in [6.07, 6.45) is 1.03. The van der Waals surface area contributed by atoms with Gasteiger partial charge in [0.2, 0.25) is 0 Å². The first-order valence-corrected chi connectivity index (χ1v) is 10.8. The van der Waals surface area contributed by atoms with Gasteiger partial charge in [0.05, 0.1) is 11.4 Å². The predicted octanol–water partition coefficient (Wildman–Crippen LogP) is 7.56. The lowest BCUT2D eigenvalue weighted by Gasteiger charge is -2.17. The molecule has 0 saturated heterocycles. The third-order valence-corrected chi connectivity index (χ3v) is 7.43. The summed E-state index contributed by atoms with van der Waals surface area (Å²) in [6, 6.07) is 22.6. The van der Waals surface area contributed by atoms with Gasteiger partial charge in [0.25, 0.3) is 0 Å². The number of nitrogens with zero attached hydrogens (tertiary/aromatic N) is 1. The number of benzene rings is 3. The molecule has 3 aromatic carbocycles. The van der Waals surface area contributed by atoms with Crippen LogP contribution in [0, 0.1) is 6.92 Å². The fraction of sp³-hybridized carbons (Fsp3) is 0.207. The summed E-state index contributed by atoms with van der Waals surface area (Å²) in [5.41, 5.74) is 17.6. The summed E-state index contributed by atoms with van der Waals surface area (Å²) < 4.78 is 0. The van der Waals surface area contributed by atoms with E-state index in [1.807, 2.05) is 0 Å². The van der Waals surface area contributed by atoms with Gasteiger partial charge in [-0.25, -0.2) is 4.99 Å². The van der Waals surface area contributed by atoms with Gasteiger partial charge < -0.3 is 0 Å². The lowest BCUT2D eigenvalue weighted by Crippen LogP contribution is -2.04. The van der Waals surface area contributed by atoms with Gasteiger partial charge >= 0.3 is 0 Å². The largest absolute Gasteiger partial charge is 0.247 e. The molecule has 6 rings (SSSR count). The highest BCUT2D eigenvalue weighted by atomic mass is 14.8. The van der Waals surface area contributed by atoms with Crippen molar-refractivity contribution in [1.82, 2.24) is 0 Å². The Bertz CT molecular complexity index is 1300. The van der Waals surface area contributed by atoms with Gasteiger partial charge in [-0.3, -0.25) is 0 Å². The summed E-state index contributed by atoms with van der Waals surface area (Å²) in [7, 11) is 0. The highest BCUT2D eigenvalue weighted by Gasteiger charge is 2.32. The molecule has 0 radical (unpaired) electrons. The number of fused-ring (bicyclic) bond motifs is 6. The molecular formula is C29H25N. The Morgan fingerprint density at radius 1 is 0.700 bits per heavy atom. The molecule has 0 unspecified atom stereocenters. The first kappa shape index (κ1) is 17.7. The number of hydrogen-bond donors (Lipinski definition) is 0. The van der Waals surface area contributed by atoms with Crippen molar-refractivity contribution in [3.8, 4) is 11.1 Å². The van der Waals surface area contributed by atoms with Crippen LogP contribution in [0.2, 0.25) is 0 Å². The van der Waals surface area contributed by atoms with Crippen LogP contribution in [0.1, 0.15) is 54.5 Å². The van der Waals surface area contributed by atoms with Crippen molar-refractivity contribution in [1.29, 1.82) is 0 Å². The maximum atomic E-state index is 5.00. The van der Waals surface area contributed by atoms with E-state index in [9.17, 15) is 0 Å². The minimum atomic E-state index is 0.413. The lowest BCUT2D eigenvalue weighted by molar-refractivity contribution is 0.821. The summed E-state index contributed by atoms with van der Waals surface area (Å²) in [5.74, 6) is 0.413. The van der Waals surface area contributed by atoms with Crippen molar-refractivity contribution in [2.75, 3.05) is 0 Å². The predicted molar refractivity (Wildman–Crippen MR) is 127 cm³/mol. The lowest BCUT2D eigenvalue weighted by atomic mass is 9.86. The minimum absolute atomic E-state index is 0.413. The highest BCUT2D eigenvalue weighted by molar-refractivity contribution is 6.39. The second-order valence-electron chi connectivity index (χ2n) is 8.94. The molecule has 0 N–H and O–H groups in total. The molecule has 146 valence electrons. The van der Waals surface area contributed by atoms with Crippen molar-refractivity contribution in [3.63, 3.8) is 0 Å². The van der Waals surface area contributed by atoms with Crippen molar-refractivity contribution < 1.29 is 0 Å². The van der Waals surface area contributed by atoms with Crippen LogP contribution < -0.4 is 0 Å². The fourth-order valence-corrected chi connectivity index (χ4v) is 5.55. The summed E-state index contributed by atoms with van der Waals surface area (Å²) in [6.45, 7) is 8.91. The molecule has 1 heterocycles. The zero-order valence-corrected chi connectivity index (χ0v) is 18.0. The molecule has 0 atom stereocenters. The molecule has 0 fully saturated rings. The van der Waals surface area contributed by atoms with Crippen LogP contribution in [0.5, 0.6) is 0 Å². The van der Waals surface area contributed by atoms with E-state index in [1.165, 1.54) is 66.9 Å². The number of allylic oxidation sites excluding steroid dienone is 4. The molecule has 0 spiro atoms. The Balaban J connectivity index is 1.46. The fourth-order valence-electron chi connectivity index (χ4n) is 5.55. The molecule has 0 aromatic heterocycles. The first-order valence-electron chi connectivity index (χ1n) is 10.8. The minimum Gasteiger partial charge on any atom is -0.247 e. The van der Waals surface area contributed by atoms with E-state index in [2.05, 4.69) is 88.4 Å². The Hall–Kier alpha value is -3.19. The van der Waals surface area contributed by atoms with Crippen LogP contribution in [0.15, 0.2) is 82.4 Å². The van der Waals surface area contributed by atoms with E-state index in [0.29, 0.717) is 5.92 Å². The molecule has 0 amide bonds. The number of hydrogen-bond acceptors (Lipinski definition) is 1. The van der Waals surface area contributed by atoms with E-state index >= 15 is 0 Å². The second-order valence-corrected chi connectivity index (χ2v) is 8.94. The van der Waals surface area contributed by atoms with Gasteiger partial charge in [0.1, 0.15) is 0 Å². The van der Waals surface area contributed by atoms with Crippen molar-refractivity contribution in [2.24, 2.45) is 4.99 Å². The standard InChI is InChI=1S/C29H25N/c1-16-13-27-26(28-18(3)17(2)19(4)29(28)30-27)15-20(16)14-25-23-11-7-5-9-21(23)22-10-6-8-12-24(22)25/h5-13,15,25H,14H2,1-4H3. The monoisotopic (exact) mass is 387 g/mol. The van der Waals surface area contributed by atoms with Crippen molar-refractivity contribution in [2.45, 2.75) is 40.0 Å². The second kappa shape index (κ2) is 6.15. The van der Waals surface area contributed by atoms with Gasteiger partial charge in [0, 0.05) is 17.1 Å². The normalized spacial score (nSPS) is 16.6. The van der Waals surface area contributed by atoms with E-state index in [4.69, 9.17) is 4.99 Å². The van der Waals surface area contributed by atoms with Gasteiger partial charge in [-0.05, 0) is 96.3 Å². The summed E-state index contributed by atoms with van der Waals surface area (Å²) in [5, 5.41) is 0. The molecule has 30 heavy (non-hydrogen) atoms. The molecule has 2 aliphatic carbocycles. The van der Waals surface area contributed by atoms with Crippen LogP contribution in [-0.4, -0.2) is 5.71 Å². The summed E-state index contributed by atoms with van der Waals surface area (Å²) >= 11 is 0. The molecule has 3 aromatic rings. The SMILES string of the molecule is CC1=C(C)C(C)=C2C1=Nc1cc(C)c(CC3c4ccccc4-c4ccccc43)cc12. The Kier molecular flexibility index (Phi) is 3.62. The molecule has 1 aliphatic heterocycles. The molecule has 1 nitrogen and oxygen atoms in total. The number of aryl methyl sites for hydroxylation is 1. The Morgan fingerprint density at radius 3 is 2.00 bits per heavy atom. The maximum absolute atomic E-state index is 5.00. The van der Waals surface area contributed by atoms with Gasteiger partial charge in [-0.15, -0.1) is 0 Å². The zero-order chi connectivity index (χ0) is 20.6. The molecule has 1 heteroatoms. The van der Waals surface area contributed by atoms with Gasteiger partial charge in [0.15, 0.2) is 0 Å². The summed E-state index contributed by atoms with van der Waals surface area (Å²) in [4.78, 5) is 5.00. The molecular weight excluding hydrogens is 362 g/mol. The average Bonchev–Trinajstić information content (AvgIpc) is 3.35. The average molecular weight is 388 g/mol. The van der Waals surface area contributed by atoms with E-state index in [0.717, 1.165) is 12.1 Å². The highest BCUT2D eigenvalue weighted by Crippen LogP contribution is 2.49. The number of aliphatic imine (C=N–C) groups is 1. The topological polar surface area (TPSA) is 12.4 Å². The third-order valence-electron chi connectivity index (χ3n) is 7.43. The smallest absolute Gasteiger partial charge is 0.0750 e. The number of rotatable bonds is 2. The molecule has 3 aliphatic rings. The van der Waals surface area contributed by atoms with E-state index < -0.39 is 0 Å². The zero-order valence-electron chi connectivity index (χ0n) is 18.0. The quantitative estimate of drug-likeness (QED) is 0.430. The Morgan fingerprint density at radius 2 is 1.33 bits per heavy atom. The van der Waals surface area contributed by atoms with E-state index in [-0.39, 0.29) is 0 Å². The van der Waals surface area contributed by atoms with Crippen LogP contribution in [0.4, 0.5) is 5.69 Å². The van der Waals surface area contributed by atoms with Crippen LogP contribution in [-0.2, 0) is 6.42 Å². The maximum Gasteiger partial charge on any atom is 0.0750 e. The molecule has 0 bridgehead atoms. The van der Waals surface area contributed by atoms with E-state index in [1.54, 1.807) is 0 Å². The molecule has 0 saturated carbocycles. The van der Waals surface area contributed by atoms with Crippen LogP contribution in [0.25, 0.3) is 16.7 Å². The first-order chi connectivity index (χ1) is 14.5. The van der Waals surface area contributed by atoms with Crippen LogP contribution in [0.3, 0.4) is 0 Å². The Labute approximate surface area is 178 Å². The van der Waals surface area contributed by atoms with Crippen LogP contribution >= 0.6 is 0 Å².